The molecule has 0 radical (unpaired) electrons. The largest absolute Gasteiger partial charge is 0.478 e. The summed E-state index contributed by atoms with van der Waals surface area (Å²) in [5.74, 6) is -1.16. The predicted octanol–water partition coefficient (Wildman–Crippen LogP) is 2.23. The van der Waals surface area contributed by atoms with Gasteiger partial charge in [-0.3, -0.25) is 4.79 Å². The normalized spacial score (nSPS) is 10.4. The Labute approximate surface area is 122 Å². The average molecular weight is 287 g/mol. The van der Waals surface area contributed by atoms with E-state index in [0.717, 1.165) is 5.56 Å². The Bertz CT molecular complexity index is 663. The van der Waals surface area contributed by atoms with Gasteiger partial charge in [-0.05, 0) is 37.1 Å². The molecule has 1 heterocycles. The highest BCUT2D eigenvalue weighted by molar-refractivity contribution is 5.95. The van der Waals surface area contributed by atoms with Crippen molar-refractivity contribution in [3.05, 3.63) is 47.5 Å². The Morgan fingerprint density at radius 3 is 2.71 bits per heavy atom. The van der Waals surface area contributed by atoms with Crippen molar-refractivity contribution in [2.75, 3.05) is 5.32 Å². The number of anilines is 1. The molecule has 0 fully saturated rings. The molecule has 0 atom stereocenters. The van der Waals surface area contributed by atoms with Crippen LogP contribution in [0, 0.1) is 13.8 Å². The molecule has 0 unspecified atom stereocenters. The van der Waals surface area contributed by atoms with E-state index in [2.05, 4.69) is 10.3 Å². The molecule has 0 spiro atoms. The second kappa shape index (κ2) is 6.21. The minimum absolute atomic E-state index is 0.164. The van der Waals surface area contributed by atoms with Crippen LogP contribution in [0.4, 0.5) is 5.69 Å². The number of nitrogens with zero attached hydrogens (tertiary/aromatic N) is 2. The van der Waals surface area contributed by atoms with E-state index in [4.69, 9.17) is 5.11 Å². The molecule has 2 aromatic rings. The fourth-order valence-electron chi connectivity index (χ4n) is 2.03. The Hall–Kier alpha value is -2.63. The van der Waals surface area contributed by atoms with E-state index in [1.165, 1.54) is 6.07 Å². The number of carboxylic acid groups (broad SMARTS) is 1. The molecule has 0 bridgehead atoms. The minimum atomic E-state index is -0.995. The number of amides is 1. The second-order valence-electron chi connectivity index (χ2n) is 4.87. The van der Waals surface area contributed by atoms with Gasteiger partial charge in [0.1, 0.15) is 0 Å². The van der Waals surface area contributed by atoms with Gasteiger partial charge in [0.25, 0.3) is 0 Å². The number of nitrogens with one attached hydrogen (secondary N) is 1. The number of imidazole rings is 1. The smallest absolute Gasteiger partial charge is 0.336 e. The summed E-state index contributed by atoms with van der Waals surface area (Å²) in [4.78, 5) is 27.0. The van der Waals surface area contributed by atoms with Gasteiger partial charge in [0.15, 0.2) is 0 Å². The predicted molar refractivity (Wildman–Crippen MR) is 78.3 cm³/mol. The lowest BCUT2D eigenvalue weighted by atomic mass is 10.0. The number of benzene rings is 1. The SMILES string of the molecule is Cc1cc(NC(=O)CCn2ccnc2)cc(C(=O)O)c1C. The molecule has 2 N–H and O–H groups in total. The zero-order valence-corrected chi connectivity index (χ0v) is 12.0. The monoisotopic (exact) mass is 287 g/mol. The standard InChI is InChI=1S/C15H17N3O3/c1-10-7-12(8-13(11(10)2)15(20)21)17-14(19)3-5-18-6-4-16-9-18/h4,6-9H,3,5H2,1-2H3,(H,17,19)(H,20,21). The molecule has 1 aromatic carbocycles. The molecule has 0 aliphatic carbocycles. The molecule has 1 amide bonds. The summed E-state index contributed by atoms with van der Waals surface area (Å²) >= 11 is 0. The topological polar surface area (TPSA) is 84.2 Å². The van der Waals surface area contributed by atoms with Crippen LogP contribution in [-0.2, 0) is 11.3 Å². The fourth-order valence-corrected chi connectivity index (χ4v) is 2.03. The number of carboxylic acids is 1. The molecule has 21 heavy (non-hydrogen) atoms. The first-order valence-electron chi connectivity index (χ1n) is 6.57. The van der Waals surface area contributed by atoms with Crippen LogP contribution >= 0.6 is 0 Å². The van der Waals surface area contributed by atoms with E-state index in [-0.39, 0.29) is 11.5 Å². The Morgan fingerprint density at radius 1 is 1.33 bits per heavy atom. The zero-order valence-electron chi connectivity index (χ0n) is 12.0. The number of carbonyl (C=O) groups is 2. The van der Waals surface area contributed by atoms with Gasteiger partial charge in [-0.1, -0.05) is 0 Å². The fraction of sp³-hybridized carbons (Fsp3) is 0.267. The lowest BCUT2D eigenvalue weighted by molar-refractivity contribution is -0.116. The van der Waals surface area contributed by atoms with Crippen LogP contribution in [0.25, 0.3) is 0 Å². The number of aromatic carboxylic acids is 1. The minimum Gasteiger partial charge on any atom is -0.478 e. The third-order valence-electron chi connectivity index (χ3n) is 3.34. The van der Waals surface area contributed by atoms with Crippen LogP contribution in [0.3, 0.4) is 0 Å². The molecule has 110 valence electrons. The quantitative estimate of drug-likeness (QED) is 0.883. The van der Waals surface area contributed by atoms with Gasteiger partial charge in [-0.2, -0.15) is 0 Å². The molecule has 0 saturated heterocycles. The number of aromatic nitrogens is 2. The van der Waals surface area contributed by atoms with E-state index in [1.54, 1.807) is 31.7 Å². The summed E-state index contributed by atoms with van der Waals surface area (Å²) in [5.41, 5.74) is 2.25. The van der Waals surface area contributed by atoms with Crippen LogP contribution < -0.4 is 5.32 Å². The Balaban J connectivity index is 2.05. The third-order valence-corrected chi connectivity index (χ3v) is 3.34. The van der Waals surface area contributed by atoms with Gasteiger partial charge in [0.2, 0.25) is 5.91 Å². The average Bonchev–Trinajstić information content (AvgIpc) is 2.93. The van der Waals surface area contributed by atoms with E-state index >= 15 is 0 Å². The maximum atomic E-state index is 11.9. The van der Waals surface area contributed by atoms with Crippen molar-refractivity contribution in [2.24, 2.45) is 0 Å². The van der Waals surface area contributed by atoms with Gasteiger partial charge < -0.3 is 15.0 Å². The van der Waals surface area contributed by atoms with Gasteiger partial charge in [-0.25, -0.2) is 9.78 Å². The molecule has 0 aliphatic rings. The van der Waals surface area contributed by atoms with E-state index < -0.39 is 5.97 Å². The molecular formula is C15H17N3O3. The van der Waals surface area contributed by atoms with Gasteiger partial charge in [0.05, 0.1) is 11.9 Å². The molecule has 6 nitrogen and oxygen atoms in total. The van der Waals surface area contributed by atoms with Gasteiger partial charge >= 0.3 is 5.97 Å². The number of aryl methyl sites for hydroxylation is 2. The summed E-state index contributed by atoms with van der Waals surface area (Å²) in [6, 6.07) is 3.26. The second-order valence-corrected chi connectivity index (χ2v) is 4.87. The number of carbonyl (C=O) groups excluding carboxylic acids is 1. The first kappa shape index (κ1) is 14.8. The number of hydrogen-bond donors (Lipinski definition) is 2. The first-order valence-corrected chi connectivity index (χ1v) is 6.57. The Morgan fingerprint density at radius 2 is 2.10 bits per heavy atom. The Kier molecular flexibility index (Phi) is 4.37. The third kappa shape index (κ3) is 3.68. The first-order chi connectivity index (χ1) is 9.97. The highest BCUT2D eigenvalue weighted by atomic mass is 16.4. The maximum Gasteiger partial charge on any atom is 0.336 e. The molecule has 0 aliphatic heterocycles. The van der Waals surface area contributed by atoms with Crippen LogP contribution in [0.5, 0.6) is 0 Å². The summed E-state index contributed by atoms with van der Waals surface area (Å²) in [5, 5.41) is 11.9. The van der Waals surface area contributed by atoms with E-state index in [9.17, 15) is 9.59 Å². The van der Waals surface area contributed by atoms with Crippen molar-refractivity contribution in [1.82, 2.24) is 9.55 Å². The summed E-state index contributed by atoms with van der Waals surface area (Å²) in [6.45, 7) is 4.11. The summed E-state index contributed by atoms with van der Waals surface area (Å²) in [6.07, 6.45) is 5.38. The van der Waals surface area contributed by atoms with Crippen LogP contribution in [0.15, 0.2) is 30.9 Å². The number of hydrogen-bond acceptors (Lipinski definition) is 3. The van der Waals surface area contributed by atoms with Crippen molar-refractivity contribution in [1.29, 1.82) is 0 Å². The van der Waals surface area contributed by atoms with Crippen LogP contribution in [-0.4, -0.2) is 26.5 Å². The lowest BCUT2D eigenvalue weighted by Crippen LogP contribution is -2.15. The van der Waals surface area contributed by atoms with Crippen LogP contribution in [0.2, 0.25) is 0 Å². The van der Waals surface area contributed by atoms with Crippen molar-refractivity contribution in [3.8, 4) is 0 Å². The van der Waals surface area contributed by atoms with E-state index in [1.807, 2.05) is 11.5 Å². The molecule has 1 aromatic heterocycles. The van der Waals surface area contributed by atoms with Crippen molar-refractivity contribution in [2.45, 2.75) is 26.8 Å². The highest BCUT2D eigenvalue weighted by Crippen LogP contribution is 2.20. The lowest BCUT2D eigenvalue weighted by Gasteiger charge is -2.11. The number of rotatable bonds is 5. The summed E-state index contributed by atoms with van der Waals surface area (Å²) in [7, 11) is 0. The van der Waals surface area contributed by atoms with E-state index in [0.29, 0.717) is 24.2 Å². The van der Waals surface area contributed by atoms with Crippen LogP contribution in [0.1, 0.15) is 27.9 Å². The van der Waals surface area contributed by atoms with Crippen molar-refractivity contribution in [3.63, 3.8) is 0 Å². The van der Waals surface area contributed by atoms with Gasteiger partial charge in [0, 0.05) is 31.0 Å². The van der Waals surface area contributed by atoms with Gasteiger partial charge in [-0.15, -0.1) is 0 Å². The maximum absolute atomic E-state index is 11.9. The summed E-state index contributed by atoms with van der Waals surface area (Å²) < 4.78 is 1.81. The zero-order chi connectivity index (χ0) is 15.4. The molecule has 2 rings (SSSR count). The molecule has 6 heteroatoms. The highest BCUT2D eigenvalue weighted by Gasteiger charge is 2.12. The molecular weight excluding hydrogens is 270 g/mol. The van der Waals surface area contributed by atoms with Crippen molar-refractivity contribution < 1.29 is 14.7 Å². The van der Waals surface area contributed by atoms with Crippen molar-refractivity contribution >= 4 is 17.6 Å². The molecule has 0 saturated carbocycles.